The SMILES string of the molecule is C=C/C(=C\C=C/C)N1c2ccccc2C(C)(C)c2cc(-c3ccc4[nH]c5c(ccc6nc(-c7ccccc7)sc65)c4c3)ccc21.CC. The summed E-state index contributed by atoms with van der Waals surface area (Å²) in [5, 5.41) is 3.50. The minimum Gasteiger partial charge on any atom is -0.353 e. The van der Waals surface area contributed by atoms with Gasteiger partial charge < -0.3 is 9.88 Å². The van der Waals surface area contributed by atoms with Crippen LogP contribution in [0, 0.1) is 0 Å². The smallest absolute Gasteiger partial charge is 0.124 e. The van der Waals surface area contributed by atoms with Crippen molar-refractivity contribution in [3.63, 3.8) is 0 Å². The van der Waals surface area contributed by atoms with E-state index in [0.29, 0.717) is 0 Å². The molecule has 4 heteroatoms. The zero-order chi connectivity index (χ0) is 32.7. The monoisotopic (exact) mass is 629 g/mol. The first kappa shape index (κ1) is 30.5. The van der Waals surface area contributed by atoms with Crippen molar-refractivity contribution in [2.45, 2.75) is 40.0 Å². The van der Waals surface area contributed by atoms with E-state index in [-0.39, 0.29) is 5.41 Å². The third-order valence-corrected chi connectivity index (χ3v) is 10.3. The van der Waals surface area contributed by atoms with Gasteiger partial charge in [-0.1, -0.05) is 107 Å². The van der Waals surface area contributed by atoms with E-state index < -0.39 is 0 Å². The third kappa shape index (κ3) is 5.01. The van der Waals surface area contributed by atoms with Gasteiger partial charge in [0.1, 0.15) is 5.01 Å². The minimum atomic E-state index is -0.176. The molecule has 0 radical (unpaired) electrons. The minimum absolute atomic E-state index is 0.176. The summed E-state index contributed by atoms with van der Waals surface area (Å²) in [5.41, 5.74) is 12.7. The number of allylic oxidation sites excluding steroid dienone is 4. The van der Waals surface area contributed by atoms with Crippen molar-refractivity contribution in [3.05, 3.63) is 151 Å². The Bertz CT molecular complexity index is 2330. The molecule has 3 heterocycles. The van der Waals surface area contributed by atoms with E-state index in [9.17, 15) is 0 Å². The highest BCUT2D eigenvalue weighted by Crippen LogP contribution is 2.51. The van der Waals surface area contributed by atoms with Crippen LogP contribution in [0.25, 0.3) is 53.7 Å². The molecule has 0 atom stereocenters. The molecule has 0 saturated carbocycles. The number of benzene rings is 5. The van der Waals surface area contributed by atoms with Crippen LogP contribution in [0.2, 0.25) is 0 Å². The molecular weight excluding hydrogens is 591 g/mol. The van der Waals surface area contributed by atoms with Gasteiger partial charge in [-0.05, 0) is 83.8 Å². The number of anilines is 2. The Balaban J connectivity index is 0.00000172. The molecule has 1 N–H and O–H groups in total. The first-order valence-electron chi connectivity index (χ1n) is 16.4. The number of H-pyrrole nitrogens is 1. The molecule has 1 aliphatic rings. The number of aromatic amines is 1. The van der Waals surface area contributed by atoms with Crippen molar-refractivity contribution in [1.29, 1.82) is 0 Å². The lowest BCUT2D eigenvalue weighted by Crippen LogP contribution is -2.32. The molecular formula is C43H39N3S. The Morgan fingerprint density at radius 2 is 1.51 bits per heavy atom. The van der Waals surface area contributed by atoms with Gasteiger partial charge in [0.15, 0.2) is 0 Å². The highest BCUT2D eigenvalue weighted by molar-refractivity contribution is 7.22. The Morgan fingerprint density at radius 1 is 0.787 bits per heavy atom. The number of nitrogens with zero attached hydrogens (tertiary/aromatic N) is 2. The van der Waals surface area contributed by atoms with Crippen molar-refractivity contribution in [2.75, 3.05) is 4.90 Å². The standard InChI is InChI=1S/C41H33N3S.C2H6/c1-5-7-15-29(6-2)44-36-17-12-11-16-32(36)41(3,4)33-25-28(19-23-37(33)44)27-18-21-34-31(24-27)30-20-22-35-39(38(30)42-34)45-40(43-35)26-13-9-8-10-14-26;1-2/h5-25,42H,2H2,1,3-4H3;1-2H3/b7-5-,29-15+;. The third-order valence-electron chi connectivity index (χ3n) is 9.14. The van der Waals surface area contributed by atoms with Crippen LogP contribution in [0.4, 0.5) is 11.4 Å². The maximum absolute atomic E-state index is 4.96. The molecule has 2 aromatic heterocycles. The van der Waals surface area contributed by atoms with Crippen LogP contribution in [-0.4, -0.2) is 9.97 Å². The van der Waals surface area contributed by atoms with E-state index in [0.717, 1.165) is 32.8 Å². The normalized spacial score (nSPS) is 13.9. The van der Waals surface area contributed by atoms with Gasteiger partial charge in [0.2, 0.25) is 0 Å². The highest BCUT2D eigenvalue weighted by Gasteiger charge is 2.37. The van der Waals surface area contributed by atoms with Gasteiger partial charge in [-0.2, -0.15) is 0 Å². The molecule has 0 unspecified atom stereocenters. The van der Waals surface area contributed by atoms with Crippen molar-refractivity contribution in [2.24, 2.45) is 0 Å². The largest absolute Gasteiger partial charge is 0.353 e. The topological polar surface area (TPSA) is 31.9 Å². The van der Waals surface area contributed by atoms with Crippen LogP contribution < -0.4 is 4.90 Å². The van der Waals surface area contributed by atoms with Gasteiger partial charge >= 0.3 is 0 Å². The van der Waals surface area contributed by atoms with Crippen molar-refractivity contribution in [3.8, 4) is 21.7 Å². The number of hydrogen-bond acceptors (Lipinski definition) is 3. The number of para-hydroxylation sites is 1. The summed E-state index contributed by atoms with van der Waals surface area (Å²) in [6.45, 7) is 14.9. The summed E-state index contributed by atoms with van der Waals surface area (Å²) in [4.78, 5) is 11.0. The average Bonchev–Trinajstić information content (AvgIpc) is 3.73. The molecule has 0 spiro atoms. The van der Waals surface area contributed by atoms with Crippen molar-refractivity contribution < 1.29 is 0 Å². The van der Waals surface area contributed by atoms with E-state index >= 15 is 0 Å². The van der Waals surface area contributed by atoms with Crippen molar-refractivity contribution in [1.82, 2.24) is 9.97 Å². The zero-order valence-electron chi connectivity index (χ0n) is 27.6. The fourth-order valence-corrected chi connectivity index (χ4v) is 7.90. The summed E-state index contributed by atoms with van der Waals surface area (Å²) in [6, 6.07) is 37.3. The Morgan fingerprint density at radius 3 is 2.30 bits per heavy atom. The maximum Gasteiger partial charge on any atom is 0.124 e. The van der Waals surface area contributed by atoms with Crippen LogP contribution in [0.1, 0.15) is 45.7 Å². The summed E-state index contributed by atoms with van der Waals surface area (Å²) >= 11 is 1.75. The average molecular weight is 630 g/mol. The lowest BCUT2D eigenvalue weighted by Gasteiger charge is -2.42. The lowest BCUT2D eigenvalue weighted by molar-refractivity contribution is 0.630. The second-order valence-electron chi connectivity index (χ2n) is 12.1. The predicted octanol–water partition coefficient (Wildman–Crippen LogP) is 12.7. The quantitative estimate of drug-likeness (QED) is 0.192. The molecule has 0 bridgehead atoms. The maximum atomic E-state index is 4.96. The Hall–Kier alpha value is -5.19. The molecule has 1 aliphatic heterocycles. The van der Waals surface area contributed by atoms with Crippen LogP contribution in [0.15, 0.2) is 140 Å². The highest BCUT2D eigenvalue weighted by atomic mass is 32.1. The molecule has 232 valence electrons. The number of aromatic nitrogens is 2. The Labute approximate surface area is 281 Å². The number of hydrogen-bond donors (Lipinski definition) is 1. The van der Waals surface area contributed by atoms with Crippen LogP contribution in [-0.2, 0) is 5.41 Å². The van der Waals surface area contributed by atoms with E-state index in [1.165, 1.54) is 49.1 Å². The summed E-state index contributed by atoms with van der Waals surface area (Å²) < 4.78 is 1.20. The predicted molar refractivity (Wildman–Crippen MR) is 205 cm³/mol. The number of nitrogens with one attached hydrogen (secondary N) is 1. The van der Waals surface area contributed by atoms with Gasteiger partial charge in [0.25, 0.3) is 0 Å². The Kier molecular flexibility index (Phi) is 7.91. The molecule has 3 nitrogen and oxygen atoms in total. The molecule has 0 saturated heterocycles. The summed E-state index contributed by atoms with van der Waals surface area (Å²) in [7, 11) is 0. The van der Waals surface area contributed by atoms with E-state index in [4.69, 9.17) is 4.98 Å². The second kappa shape index (κ2) is 12.2. The van der Waals surface area contributed by atoms with E-state index in [1.807, 2.05) is 32.9 Å². The first-order chi connectivity index (χ1) is 23.0. The van der Waals surface area contributed by atoms with Crippen LogP contribution in [0.3, 0.4) is 0 Å². The molecule has 0 aliphatic carbocycles. The van der Waals surface area contributed by atoms with Gasteiger partial charge in [-0.25, -0.2) is 4.98 Å². The molecule has 8 rings (SSSR count). The van der Waals surface area contributed by atoms with Gasteiger partial charge in [0, 0.05) is 33.0 Å². The first-order valence-corrected chi connectivity index (χ1v) is 17.2. The zero-order valence-corrected chi connectivity index (χ0v) is 28.5. The number of thiazole rings is 1. The fourth-order valence-electron chi connectivity index (χ4n) is 6.83. The lowest BCUT2D eigenvalue weighted by atomic mass is 9.73. The number of rotatable bonds is 5. The molecule has 0 amide bonds. The van der Waals surface area contributed by atoms with E-state index in [1.54, 1.807) is 11.3 Å². The van der Waals surface area contributed by atoms with Gasteiger partial charge in [0.05, 0.1) is 27.1 Å². The molecule has 0 fully saturated rings. The van der Waals surface area contributed by atoms with Crippen LogP contribution >= 0.6 is 11.3 Å². The molecule has 47 heavy (non-hydrogen) atoms. The number of fused-ring (bicyclic) bond motifs is 7. The van der Waals surface area contributed by atoms with E-state index in [2.05, 4.69) is 146 Å². The molecule has 5 aromatic carbocycles. The summed E-state index contributed by atoms with van der Waals surface area (Å²) in [6.07, 6.45) is 8.21. The fraction of sp³-hybridized carbons (Fsp3) is 0.140. The van der Waals surface area contributed by atoms with Gasteiger partial charge in [-0.15, -0.1) is 11.3 Å². The molecule has 7 aromatic rings. The second-order valence-corrected chi connectivity index (χ2v) is 13.1. The summed E-state index contributed by atoms with van der Waals surface area (Å²) in [5.74, 6) is 0. The van der Waals surface area contributed by atoms with Gasteiger partial charge in [-0.3, -0.25) is 0 Å². The van der Waals surface area contributed by atoms with Crippen LogP contribution in [0.5, 0.6) is 0 Å². The van der Waals surface area contributed by atoms with Crippen molar-refractivity contribution >= 4 is 54.7 Å².